The fourth-order valence-corrected chi connectivity index (χ4v) is 3.29. The van der Waals surface area contributed by atoms with E-state index in [1.54, 1.807) is 12.3 Å². The van der Waals surface area contributed by atoms with Crippen LogP contribution in [0.15, 0.2) is 30.5 Å². The Balaban J connectivity index is 1.86. The molecule has 1 aliphatic rings. The Kier molecular flexibility index (Phi) is 5.14. The first-order chi connectivity index (χ1) is 12.7. The number of rotatable bonds is 4. The molecule has 1 aromatic carbocycles. The number of ether oxygens (including phenoxy) is 1. The van der Waals surface area contributed by atoms with Crippen LogP contribution >= 0.6 is 0 Å². The molecule has 0 saturated carbocycles. The lowest BCUT2D eigenvalue weighted by Gasteiger charge is -2.29. The highest BCUT2D eigenvalue weighted by Gasteiger charge is 2.48. The highest BCUT2D eigenvalue weighted by Crippen LogP contribution is 2.31. The molecule has 0 aliphatic carbocycles. The number of hydrogen-bond acceptors (Lipinski definition) is 4. The second-order valence-corrected chi connectivity index (χ2v) is 6.52. The smallest absolute Gasteiger partial charge is 0.416 e. The summed E-state index contributed by atoms with van der Waals surface area (Å²) in [6.07, 6.45) is -5.30. The number of methoxy groups -OCH3 is 1. The van der Waals surface area contributed by atoms with Gasteiger partial charge >= 0.3 is 6.18 Å². The first-order valence-corrected chi connectivity index (χ1v) is 8.49. The first-order valence-electron chi connectivity index (χ1n) is 8.49. The standard InChI is InChI=1S/C18H20F3N3O3/c1-11-5-6-15(27-2)14(10-11)24-9-7-12(22-24)17(26)23-8-3-4-13(23)16(25)18(19,20)21/h5-7,9-10,13,16,25H,3-4,8H2,1-2H3/t13-,16+/m1/s1. The largest absolute Gasteiger partial charge is 0.494 e. The van der Waals surface area contributed by atoms with E-state index in [1.807, 2.05) is 19.1 Å². The van der Waals surface area contributed by atoms with E-state index in [0.717, 1.165) is 10.5 Å². The third kappa shape index (κ3) is 3.78. The fraction of sp³-hybridized carbons (Fsp3) is 0.444. The van der Waals surface area contributed by atoms with E-state index < -0.39 is 24.2 Å². The molecule has 2 aromatic rings. The molecule has 146 valence electrons. The number of aromatic nitrogens is 2. The predicted octanol–water partition coefficient (Wildman–Crippen LogP) is 2.72. The molecule has 1 amide bonds. The predicted molar refractivity (Wildman–Crippen MR) is 91.0 cm³/mol. The number of carbonyl (C=O) groups excluding carboxylic acids is 1. The fourth-order valence-electron chi connectivity index (χ4n) is 3.29. The molecule has 1 fully saturated rings. The minimum Gasteiger partial charge on any atom is -0.494 e. The normalized spacial score (nSPS) is 18.6. The van der Waals surface area contributed by atoms with Crippen molar-refractivity contribution in [1.29, 1.82) is 0 Å². The summed E-state index contributed by atoms with van der Waals surface area (Å²) in [5.41, 5.74) is 1.59. The van der Waals surface area contributed by atoms with Crippen LogP contribution in [0.25, 0.3) is 5.69 Å². The summed E-state index contributed by atoms with van der Waals surface area (Å²) in [6, 6.07) is 5.61. The maximum Gasteiger partial charge on any atom is 0.416 e. The van der Waals surface area contributed by atoms with Crippen LogP contribution in [0.4, 0.5) is 13.2 Å². The van der Waals surface area contributed by atoms with E-state index in [2.05, 4.69) is 5.10 Å². The summed E-state index contributed by atoms with van der Waals surface area (Å²) < 4.78 is 45.3. The van der Waals surface area contributed by atoms with Crippen LogP contribution in [0.3, 0.4) is 0 Å². The van der Waals surface area contributed by atoms with Crippen molar-refractivity contribution in [2.75, 3.05) is 13.7 Å². The zero-order chi connectivity index (χ0) is 19.8. The highest BCUT2D eigenvalue weighted by molar-refractivity contribution is 5.92. The highest BCUT2D eigenvalue weighted by atomic mass is 19.4. The van der Waals surface area contributed by atoms with Gasteiger partial charge in [0, 0.05) is 12.7 Å². The van der Waals surface area contributed by atoms with Gasteiger partial charge in [-0.3, -0.25) is 4.79 Å². The quantitative estimate of drug-likeness (QED) is 0.882. The summed E-state index contributed by atoms with van der Waals surface area (Å²) >= 11 is 0. The number of nitrogens with zero attached hydrogens (tertiary/aromatic N) is 3. The Morgan fingerprint density at radius 1 is 1.37 bits per heavy atom. The van der Waals surface area contributed by atoms with E-state index in [1.165, 1.54) is 17.9 Å². The van der Waals surface area contributed by atoms with Crippen LogP contribution in [0, 0.1) is 6.92 Å². The summed E-state index contributed by atoms with van der Waals surface area (Å²) in [4.78, 5) is 13.7. The Morgan fingerprint density at radius 2 is 2.11 bits per heavy atom. The number of amides is 1. The van der Waals surface area contributed by atoms with Crippen LogP contribution < -0.4 is 4.74 Å². The molecule has 1 aromatic heterocycles. The SMILES string of the molecule is COc1ccc(C)cc1-n1ccc(C(=O)N2CCC[C@@H]2[C@H](O)C(F)(F)F)n1. The molecule has 0 radical (unpaired) electrons. The summed E-state index contributed by atoms with van der Waals surface area (Å²) in [6.45, 7) is 2.04. The zero-order valence-electron chi connectivity index (χ0n) is 14.9. The zero-order valence-corrected chi connectivity index (χ0v) is 14.9. The second kappa shape index (κ2) is 7.22. The first kappa shape index (κ1) is 19.2. The average Bonchev–Trinajstić information content (AvgIpc) is 3.29. The molecule has 6 nitrogen and oxygen atoms in total. The maximum atomic E-state index is 12.9. The van der Waals surface area contributed by atoms with Crippen molar-refractivity contribution < 1.29 is 27.8 Å². The third-order valence-electron chi connectivity index (χ3n) is 4.65. The molecule has 1 N–H and O–H groups in total. The molecule has 1 aliphatic heterocycles. The third-order valence-corrected chi connectivity index (χ3v) is 4.65. The van der Waals surface area contributed by atoms with Gasteiger partial charge in [0.25, 0.3) is 5.91 Å². The van der Waals surface area contributed by atoms with Crippen LogP contribution in [0.5, 0.6) is 5.75 Å². The van der Waals surface area contributed by atoms with Gasteiger partial charge in [-0.15, -0.1) is 0 Å². The molecule has 0 unspecified atom stereocenters. The Bertz CT molecular complexity index is 835. The Hall–Kier alpha value is -2.55. The Morgan fingerprint density at radius 3 is 2.78 bits per heavy atom. The maximum absolute atomic E-state index is 12.9. The van der Waals surface area contributed by atoms with E-state index in [9.17, 15) is 23.1 Å². The molecule has 2 heterocycles. The van der Waals surface area contributed by atoms with E-state index >= 15 is 0 Å². The van der Waals surface area contributed by atoms with Gasteiger partial charge in [-0.25, -0.2) is 4.68 Å². The lowest BCUT2D eigenvalue weighted by Crippen LogP contribution is -2.49. The van der Waals surface area contributed by atoms with Crippen molar-refractivity contribution >= 4 is 5.91 Å². The number of benzene rings is 1. The van der Waals surface area contributed by atoms with Crippen molar-refractivity contribution in [2.45, 2.75) is 38.1 Å². The molecule has 9 heteroatoms. The van der Waals surface area contributed by atoms with Crippen LogP contribution in [0.2, 0.25) is 0 Å². The van der Waals surface area contributed by atoms with Crippen LogP contribution in [-0.4, -0.2) is 57.7 Å². The van der Waals surface area contributed by atoms with Crippen molar-refractivity contribution in [3.63, 3.8) is 0 Å². The molecule has 1 saturated heterocycles. The van der Waals surface area contributed by atoms with Crippen LogP contribution in [-0.2, 0) is 0 Å². The number of aryl methyl sites for hydroxylation is 1. The van der Waals surface area contributed by atoms with Crippen molar-refractivity contribution in [2.24, 2.45) is 0 Å². The summed E-state index contributed by atoms with van der Waals surface area (Å²) in [5, 5.41) is 13.8. The van der Waals surface area contributed by atoms with E-state index in [4.69, 9.17) is 4.74 Å². The molecule has 3 rings (SSSR count). The monoisotopic (exact) mass is 383 g/mol. The van der Waals surface area contributed by atoms with Gasteiger partial charge in [0.2, 0.25) is 0 Å². The second-order valence-electron chi connectivity index (χ2n) is 6.52. The summed E-state index contributed by atoms with van der Waals surface area (Å²) in [5.74, 6) is -0.0830. The minimum absolute atomic E-state index is 0.0137. The van der Waals surface area contributed by atoms with Crippen molar-refractivity contribution in [3.8, 4) is 11.4 Å². The van der Waals surface area contributed by atoms with E-state index in [-0.39, 0.29) is 18.7 Å². The van der Waals surface area contributed by atoms with Crippen LogP contribution in [0.1, 0.15) is 28.9 Å². The van der Waals surface area contributed by atoms with Gasteiger partial charge in [-0.1, -0.05) is 6.07 Å². The van der Waals surface area contributed by atoms with Gasteiger partial charge in [0.15, 0.2) is 11.8 Å². The topological polar surface area (TPSA) is 67.6 Å². The van der Waals surface area contributed by atoms with Crippen molar-refractivity contribution in [1.82, 2.24) is 14.7 Å². The molecular formula is C18H20F3N3O3. The van der Waals surface area contributed by atoms with Gasteiger partial charge in [0.05, 0.1) is 13.2 Å². The number of aliphatic hydroxyl groups is 1. The van der Waals surface area contributed by atoms with Crippen molar-refractivity contribution in [3.05, 3.63) is 41.7 Å². The summed E-state index contributed by atoms with van der Waals surface area (Å²) in [7, 11) is 1.51. The lowest BCUT2D eigenvalue weighted by molar-refractivity contribution is -0.216. The number of likely N-dealkylation sites (tertiary alicyclic amines) is 1. The lowest BCUT2D eigenvalue weighted by atomic mass is 10.1. The minimum atomic E-state index is -4.78. The molecule has 0 spiro atoms. The van der Waals surface area contributed by atoms with Gasteiger partial charge in [-0.05, 0) is 43.5 Å². The number of alkyl halides is 3. The number of aliphatic hydroxyl groups excluding tert-OH is 1. The molecule has 2 atom stereocenters. The molecular weight excluding hydrogens is 363 g/mol. The molecule has 27 heavy (non-hydrogen) atoms. The van der Waals surface area contributed by atoms with E-state index in [0.29, 0.717) is 17.9 Å². The average molecular weight is 383 g/mol. The van der Waals surface area contributed by atoms with Gasteiger partial charge in [-0.2, -0.15) is 18.3 Å². The molecule has 0 bridgehead atoms. The van der Waals surface area contributed by atoms with Gasteiger partial charge < -0.3 is 14.7 Å². The Labute approximate surface area is 154 Å². The number of carbonyl (C=O) groups is 1. The number of hydrogen-bond donors (Lipinski definition) is 1. The number of halogens is 3. The van der Waals surface area contributed by atoms with Gasteiger partial charge in [0.1, 0.15) is 11.4 Å².